The van der Waals surface area contributed by atoms with E-state index in [1.165, 1.54) is 0 Å². The first-order valence-corrected chi connectivity index (χ1v) is 9.60. The Morgan fingerprint density at radius 1 is 0.893 bits per heavy atom. The summed E-state index contributed by atoms with van der Waals surface area (Å²) >= 11 is 3.44. The predicted molar refractivity (Wildman–Crippen MR) is 116 cm³/mol. The molecule has 0 aliphatic carbocycles. The summed E-state index contributed by atoms with van der Waals surface area (Å²) in [6.45, 7) is 0.952. The number of nitrogens with one attached hydrogen (secondary N) is 2. The van der Waals surface area contributed by atoms with Gasteiger partial charge in [-0.25, -0.2) is 0 Å². The molecule has 0 unspecified atom stereocenters. The van der Waals surface area contributed by atoms with E-state index in [2.05, 4.69) is 26.6 Å². The molecule has 144 valence electrons. The largest absolute Gasteiger partial charge is 0.490 e. The normalized spacial score (nSPS) is 10.4. The Balaban J connectivity index is 1.60. The van der Waals surface area contributed by atoms with Gasteiger partial charge in [0.15, 0.2) is 0 Å². The van der Waals surface area contributed by atoms with Gasteiger partial charge in [-0.05, 0) is 70.5 Å². The lowest BCUT2D eigenvalue weighted by Gasteiger charge is -2.11. The highest BCUT2D eigenvalue weighted by atomic mass is 79.9. The van der Waals surface area contributed by atoms with Crippen LogP contribution in [0.4, 0.5) is 17.1 Å². The Labute approximate surface area is 172 Å². The van der Waals surface area contributed by atoms with E-state index in [-0.39, 0.29) is 5.91 Å². The van der Waals surface area contributed by atoms with Gasteiger partial charge in [0.1, 0.15) is 12.4 Å². The predicted octanol–water partition coefficient (Wildman–Crippen LogP) is 5.47. The molecule has 0 atom stereocenters. The van der Waals surface area contributed by atoms with Crippen LogP contribution in [0.15, 0.2) is 77.3 Å². The van der Waals surface area contributed by atoms with E-state index in [0.717, 1.165) is 21.5 Å². The van der Waals surface area contributed by atoms with Crippen LogP contribution in [-0.4, -0.2) is 26.2 Å². The van der Waals surface area contributed by atoms with Crippen molar-refractivity contribution in [1.82, 2.24) is 0 Å². The minimum atomic E-state index is -0.187. The summed E-state index contributed by atoms with van der Waals surface area (Å²) in [4.78, 5) is 12.5. The van der Waals surface area contributed by atoms with Crippen molar-refractivity contribution in [2.75, 3.05) is 31.0 Å². The zero-order chi connectivity index (χ0) is 19.8. The number of ether oxygens (including phenoxy) is 2. The summed E-state index contributed by atoms with van der Waals surface area (Å²) in [5.74, 6) is 0.484. The first kappa shape index (κ1) is 19.9. The fraction of sp³-hybridized carbons (Fsp3) is 0.136. The number of benzene rings is 3. The van der Waals surface area contributed by atoms with Gasteiger partial charge in [-0.1, -0.05) is 18.2 Å². The number of anilines is 3. The second-order valence-corrected chi connectivity index (χ2v) is 6.86. The summed E-state index contributed by atoms with van der Waals surface area (Å²) in [6.07, 6.45) is 0. The van der Waals surface area contributed by atoms with Gasteiger partial charge < -0.3 is 20.1 Å². The van der Waals surface area contributed by atoms with E-state index < -0.39 is 0 Å². The maximum absolute atomic E-state index is 12.5. The van der Waals surface area contributed by atoms with Crippen molar-refractivity contribution in [3.8, 4) is 5.75 Å². The number of carbonyl (C=O) groups excluding carboxylic acids is 1. The van der Waals surface area contributed by atoms with Gasteiger partial charge in [0, 0.05) is 29.7 Å². The minimum Gasteiger partial charge on any atom is -0.490 e. The third kappa shape index (κ3) is 5.58. The molecule has 3 rings (SSSR count). The van der Waals surface area contributed by atoms with Gasteiger partial charge in [-0.3, -0.25) is 4.79 Å². The lowest BCUT2D eigenvalue weighted by Crippen LogP contribution is -2.12. The Kier molecular flexibility index (Phi) is 7.06. The first-order chi connectivity index (χ1) is 13.7. The van der Waals surface area contributed by atoms with Crippen LogP contribution in [0.25, 0.3) is 0 Å². The second-order valence-electron chi connectivity index (χ2n) is 6.01. The Morgan fingerprint density at radius 2 is 1.57 bits per heavy atom. The van der Waals surface area contributed by atoms with E-state index in [4.69, 9.17) is 9.47 Å². The molecule has 3 aromatic carbocycles. The third-order valence-corrected chi connectivity index (χ3v) is 4.56. The van der Waals surface area contributed by atoms with Crippen molar-refractivity contribution in [2.24, 2.45) is 0 Å². The standard InChI is InChI=1S/C22H21BrN2O3/c1-27-13-14-28-21-12-7-16(15-20(21)23)22(26)25-19-10-8-18(9-11-19)24-17-5-3-2-4-6-17/h2-12,15,24H,13-14H2,1H3,(H,25,26). The number of hydrogen-bond donors (Lipinski definition) is 2. The summed E-state index contributed by atoms with van der Waals surface area (Å²) < 4.78 is 11.3. The van der Waals surface area contributed by atoms with Crippen LogP contribution in [0.3, 0.4) is 0 Å². The van der Waals surface area contributed by atoms with Crippen LogP contribution in [0.2, 0.25) is 0 Å². The molecule has 0 saturated heterocycles. The van der Waals surface area contributed by atoms with Crippen molar-refractivity contribution in [1.29, 1.82) is 0 Å². The molecule has 3 aromatic rings. The fourth-order valence-electron chi connectivity index (χ4n) is 2.52. The lowest BCUT2D eigenvalue weighted by molar-refractivity contribution is 0.102. The highest BCUT2D eigenvalue weighted by Crippen LogP contribution is 2.26. The second kappa shape index (κ2) is 9.92. The van der Waals surface area contributed by atoms with E-state index in [0.29, 0.717) is 24.5 Å². The average molecular weight is 441 g/mol. The summed E-state index contributed by atoms with van der Waals surface area (Å²) in [5, 5.41) is 6.21. The molecule has 2 N–H and O–H groups in total. The van der Waals surface area contributed by atoms with Crippen LogP contribution in [0.1, 0.15) is 10.4 Å². The number of amides is 1. The van der Waals surface area contributed by atoms with Crippen LogP contribution < -0.4 is 15.4 Å². The zero-order valence-electron chi connectivity index (χ0n) is 15.4. The fourth-order valence-corrected chi connectivity index (χ4v) is 3.02. The molecule has 5 nitrogen and oxygen atoms in total. The van der Waals surface area contributed by atoms with Gasteiger partial charge in [0.05, 0.1) is 11.1 Å². The Hall–Kier alpha value is -2.83. The van der Waals surface area contributed by atoms with Crippen molar-refractivity contribution >= 4 is 38.9 Å². The summed E-state index contributed by atoms with van der Waals surface area (Å²) in [7, 11) is 1.62. The minimum absolute atomic E-state index is 0.187. The van der Waals surface area contributed by atoms with Gasteiger partial charge >= 0.3 is 0 Å². The highest BCUT2D eigenvalue weighted by Gasteiger charge is 2.10. The van der Waals surface area contributed by atoms with Gasteiger partial charge in [0.2, 0.25) is 0 Å². The Morgan fingerprint density at radius 3 is 2.25 bits per heavy atom. The quantitative estimate of drug-likeness (QED) is 0.455. The molecular formula is C22H21BrN2O3. The molecule has 0 aromatic heterocycles. The topological polar surface area (TPSA) is 59.6 Å². The molecule has 0 aliphatic rings. The van der Waals surface area contributed by atoms with E-state index >= 15 is 0 Å². The van der Waals surface area contributed by atoms with E-state index in [1.807, 2.05) is 54.6 Å². The number of rotatable bonds is 8. The number of carbonyl (C=O) groups is 1. The molecule has 0 spiro atoms. The maximum atomic E-state index is 12.5. The Bertz CT molecular complexity index is 915. The first-order valence-electron chi connectivity index (χ1n) is 8.80. The lowest BCUT2D eigenvalue weighted by atomic mass is 10.2. The molecule has 28 heavy (non-hydrogen) atoms. The molecule has 6 heteroatoms. The third-order valence-electron chi connectivity index (χ3n) is 3.94. The SMILES string of the molecule is COCCOc1ccc(C(=O)Nc2ccc(Nc3ccccc3)cc2)cc1Br. The average Bonchev–Trinajstić information content (AvgIpc) is 2.71. The molecule has 0 fully saturated rings. The molecule has 1 amide bonds. The van der Waals surface area contributed by atoms with Gasteiger partial charge in [0.25, 0.3) is 5.91 Å². The van der Waals surface area contributed by atoms with E-state index in [9.17, 15) is 4.79 Å². The molecule has 0 saturated carbocycles. The van der Waals surface area contributed by atoms with Crippen LogP contribution in [0, 0.1) is 0 Å². The number of para-hydroxylation sites is 1. The van der Waals surface area contributed by atoms with E-state index in [1.54, 1.807) is 25.3 Å². The molecule has 0 heterocycles. The summed E-state index contributed by atoms with van der Waals surface area (Å²) in [6, 6.07) is 22.7. The van der Waals surface area contributed by atoms with Crippen molar-refractivity contribution in [2.45, 2.75) is 0 Å². The molecule has 0 radical (unpaired) electrons. The number of hydrogen-bond acceptors (Lipinski definition) is 4. The highest BCUT2D eigenvalue weighted by molar-refractivity contribution is 9.10. The van der Waals surface area contributed by atoms with Crippen LogP contribution in [0.5, 0.6) is 5.75 Å². The van der Waals surface area contributed by atoms with Crippen LogP contribution >= 0.6 is 15.9 Å². The zero-order valence-corrected chi connectivity index (χ0v) is 17.0. The van der Waals surface area contributed by atoms with Crippen molar-refractivity contribution < 1.29 is 14.3 Å². The molecule has 0 aliphatic heterocycles. The smallest absolute Gasteiger partial charge is 0.255 e. The summed E-state index contributed by atoms with van der Waals surface area (Å²) in [5.41, 5.74) is 3.22. The van der Waals surface area contributed by atoms with Gasteiger partial charge in [-0.15, -0.1) is 0 Å². The maximum Gasteiger partial charge on any atom is 0.255 e. The molecular weight excluding hydrogens is 420 g/mol. The monoisotopic (exact) mass is 440 g/mol. The van der Waals surface area contributed by atoms with Crippen LogP contribution in [-0.2, 0) is 4.74 Å². The van der Waals surface area contributed by atoms with Crippen molar-refractivity contribution in [3.63, 3.8) is 0 Å². The molecule has 0 bridgehead atoms. The number of methoxy groups -OCH3 is 1. The number of halogens is 1. The van der Waals surface area contributed by atoms with Gasteiger partial charge in [-0.2, -0.15) is 0 Å². The van der Waals surface area contributed by atoms with Crippen molar-refractivity contribution in [3.05, 3.63) is 82.8 Å².